The number of benzene rings is 1. The number of rotatable bonds is 6. The predicted octanol–water partition coefficient (Wildman–Crippen LogP) is 1.94. The lowest BCUT2D eigenvalue weighted by Gasteiger charge is -2.15. The Morgan fingerprint density at radius 1 is 1.34 bits per heavy atom. The molecule has 10 nitrogen and oxygen atoms in total. The number of anilines is 1. The van der Waals surface area contributed by atoms with Gasteiger partial charge in [-0.15, -0.1) is 0 Å². The number of amides is 1. The molecule has 0 spiro atoms. The van der Waals surface area contributed by atoms with Gasteiger partial charge in [0.2, 0.25) is 17.0 Å². The molecule has 0 aliphatic carbocycles. The SMILES string of the molecule is CC(C)C(=O)Nc1nc2c(ncn2[C@H]2C[C@H](O)[C@@H](CSC(=O)c3ccccc3)O2)c(=O)[nH]1. The minimum absolute atomic E-state index is 0.0158. The number of aromatic nitrogens is 4. The van der Waals surface area contributed by atoms with Crippen LogP contribution in [0.3, 0.4) is 0 Å². The molecule has 32 heavy (non-hydrogen) atoms. The number of aromatic amines is 1. The molecule has 11 heteroatoms. The Bertz CT molecular complexity index is 1190. The lowest BCUT2D eigenvalue weighted by atomic mass is 10.2. The zero-order valence-corrected chi connectivity index (χ0v) is 18.3. The number of H-pyrrole nitrogens is 1. The molecule has 1 aromatic carbocycles. The number of carbonyl (C=O) groups is 2. The lowest BCUT2D eigenvalue weighted by molar-refractivity contribution is -0.118. The van der Waals surface area contributed by atoms with Gasteiger partial charge in [0.1, 0.15) is 6.23 Å². The molecular weight excluding hydrogens is 434 g/mol. The van der Waals surface area contributed by atoms with Gasteiger partial charge in [0.25, 0.3) is 5.56 Å². The van der Waals surface area contributed by atoms with E-state index in [1.54, 1.807) is 42.7 Å². The van der Waals surface area contributed by atoms with Gasteiger partial charge >= 0.3 is 0 Å². The fourth-order valence-corrected chi connectivity index (χ4v) is 4.23. The summed E-state index contributed by atoms with van der Waals surface area (Å²) in [7, 11) is 0. The van der Waals surface area contributed by atoms with Crippen LogP contribution in [0.15, 0.2) is 41.5 Å². The van der Waals surface area contributed by atoms with Gasteiger partial charge in [-0.25, -0.2) is 4.98 Å². The summed E-state index contributed by atoms with van der Waals surface area (Å²) in [5.74, 6) is -0.277. The highest BCUT2D eigenvalue weighted by molar-refractivity contribution is 8.14. The fourth-order valence-electron chi connectivity index (χ4n) is 3.31. The second kappa shape index (κ2) is 9.23. The summed E-state index contributed by atoms with van der Waals surface area (Å²) in [5, 5.41) is 12.9. The Hall–Kier alpha value is -3.02. The molecule has 3 aromatic rings. The minimum atomic E-state index is -0.796. The van der Waals surface area contributed by atoms with Gasteiger partial charge in [0.15, 0.2) is 11.2 Å². The number of thioether (sulfide) groups is 1. The normalized spacial score (nSPS) is 20.7. The van der Waals surface area contributed by atoms with Crippen LogP contribution in [0.5, 0.6) is 0 Å². The molecule has 1 saturated heterocycles. The second-order valence-electron chi connectivity index (χ2n) is 7.78. The molecule has 1 aliphatic heterocycles. The average molecular weight is 458 g/mol. The largest absolute Gasteiger partial charge is 0.390 e. The van der Waals surface area contributed by atoms with E-state index in [1.807, 2.05) is 6.07 Å². The lowest BCUT2D eigenvalue weighted by Crippen LogP contribution is -2.24. The van der Waals surface area contributed by atoms with Crippen LogP contribution in [0, 0.1) is 5.92 Å². The van der Waals surface area contributed by atoms with Crippen LogP contribution in [0.2, 0.25) is 0 Å². The maximum Gasteiger partial charge on any atom is 0.280 e. The zero-order valence-electron chi connectivity index (χ0n) is 17.5. The van der Waals surface area contributed by atoms with E-state index < -0.39 is 24.0 Å². The number of aliphatic hydroxyl groups excluding tert-OH is 1. The standard InChI is InChI=1S/C21H23N5O5S/c1-11(2)18(28)24-21-23-17-16(19(29)25-21)22-10-26(17)15-8-13(27)14(31-15)9-32-20(30)12-6-4-3-5-7-12/h3-7,10-11,13-15,27H,8-9H2,1-2H3,(H2,23,24,25,28,29)/t13-,14+,15+/m0/s1. The van der Waals surface area contributed by atoms with Crippen LogP contribution in [0.1, 0.15) is 36.9 Å². The molecule has 168 valence electrons. The van der Waals surface area contributed by atoms with Crippen molar-refractivity contribution in [3.8, 4) is 0 Å². The molecule has 1 aliphatic rings. The van der Waals surface area contributed by atoms with E-state index >= 15 is 0 Å². The van der Waals surface area contributed by atoms with E-state index in [0.717, 1.165) is 11.8 Å². The van der Waals surface area contributed by atoms with Crippen LogP contribution in [0.4, 0.5) is 5.95 Å². The van der Waals surface area contributed by atoms with E-state index in [4.69, 9.17) is 4.74 Å². The van der Waals surface area contributed by atoms with Crippen molar-refractivity contribution in [3.63, 3.8) is 0 Å². The average Bonchev–Trinajstić information content (AvgIpc) is 3.36. The van der Waals surface area contributed by atoms with Crippen molar-refractivity contribution >= 4 is 39.9 Å². The number of aliphatic hydroxyl groups is 1. The number of carbonyl (C=O) groups excluding carboxylic acids is 2. The molecule has 4 rings (SSSR count). The summed E-state index contributed by atoms with van der Waals surface area (Å²) in [4.78, 5) is 47.6. The number of nitrogens with one attached hydrogen (secondary N) is 2. The van der Waals surface area contributed by atoms with E-state index in [9.17, 15) is 19.5 Å². The molecule has 3 atom stereocenters. The molecular formula is C21H23N5O5S. The van der Waals surface area contributed by atoms with Crippen molar-refractivity contribution in [1.29, 1.82) is 0 Å². The van der Waals surface area contributed by atoms with Crippen LogP contribution < -0.4 is 10.9 Å². The summed E-state index contributed by atoms with van der Waals surface area (Å²) in [5.41, 5.74) is 0.426. The van der Waals surface area contributed by atoms with Gasteiger partial charge in [-0.2, -0.15) is 4.98 Å². The van der Waals surface area contributed by atoms with Crippen molar-refractivity contribution in [1.82, 2.24) is 19.5 Å². The van der Waals surface area contributed by atoms with Gasteiger partial charge in [-0.1, -0.05) is 55.9 Å². The number of ether oxygens (including phenoxy) is 1. The van der Waals surface area contributed by atoms with Crippen molar-refractivity contribution in [3.05, 3.63) is 52.6 Å². The fraction of sp³-hybridized carbons (Fsp3) is 0.381. The quantitative estimate of drug-likeness (QED) is 0.510. The topological polar surface area (TPSA) is 139 Å². The first-order valence-electron chi connectivity index (χ1n) is 10.2. The Kier molecular flexibility index (Phi) is 6.40. The van der Waals surface area contributed by atoms with Crippen LogP contribution in [0.25, 0.3) is 11.2 Å². The zero-order chi connectivity index (χ0) is 22.8. The predicted molar refractivity (Wildman–Crippen MR) is 119 cm³/mol. The van der Waals surface area contributed by atoms with Gasteiger partial charge in [0, 0.05) is 23.7 Å². The number of nitrogens with zero attached hydrogens (tertiary/aromatic N) is 3. The monoisotopic (exact) mass is 457 g/mol. The number of imidazole rings is 1. The van der Waals surface area contributed by atoms with Gasteiger partial charge in [-0.05, 0) is 0 Å². The van der Waals surface area contributed by atoms with E-state index in [0.29, 0.717) is 5.56 Å². The second-order valence-corrected chi connectivity index (χ2v) is 8.77. The van der Waals surface area contributed by atoms with Gasteiger partial charge < -0.3 is 9.84 Å². The van der Waals surface area contributed by atoms with Gasteiger partial charge in [0.05, 0.1) is 18.5 Å². The van der Waals surface area contributed by atoms with Crippen molar-refractivity contribution in [2.45, 2.75) is 38.7 Å². The smallest absolute Gasteiger partial charge is 0.280 e. The first-order valence-corrected chi connectivity index (χ1v) is 11.2. The molecule has 2 aromatic heterocycles. The summed E-state index contributed by atoms with van der Waals surface area (Å²) in [6.07, 6.45) is -0.315. The Morgan fingerprint density at radius 3 is 2.81 bits per heavy atom. The molecule has 3 heterocycles. The first kappa shape index (κ1) is 22.2. The molecule has 1 amide bonds. The van der Waals surface area contributed by atoms with E-state index in [-0.39, 0.29) is 46.2 Å². The molecule has 0 saturated carbocycles. The molecule has 3 N–H and O–H groups in total. The third kappa shape index (κ3) is 4.59. The Morgan fingerprint density at radius 2 is 2.09 bits per heavy atom. The van der Waals surface area contributed by atoms with Crippen molar-refractivity contribution in [2.24, 2.45) is 5.92 Å². The summed E-state index contributed by atoms with van der Waals surface area (Å²) < 4.78 is 7.53. The number of hydrogen-bond donors (Lipinski definition) is 3. The molecule has 0 unspecified atom stereocenters. The van der Waals surface area contributed by atoms with Crippen LogP contribution in [-0.4, -0.2) is 53.6 Å². The van der Waals surface area contributed by atoms with Crippen LogP contribution in [-0.2, 0) is 9.53 Å². The summed E-state index contributed by atoms with van der Waals surface area (Å²) >= 11 is 1.08. The maximum absolute atomic E-state index is 12.4. The third-order valence-corrected chi connectivity index (χ3v) is 6.09. The first-order chi connectivity index (χ1) is 15.3. The van der Waals surface area contributed by atoms with Gasteiger partial charge in [-0.3, -0.25) is 29.3 Å². The highest BCUT2D eigenvalue weighted by atomic mass is 32.2. The molecule has 1 fully saturated rings. The minimum Gasteiger partial charge on any atom is -0.390 e. The van der Waals surface area contributed by atoms with Crippen LogP contribution >= 0.6 is 11.8 Å². The number of hydrogen-bond acceptors (Lipinski definition) is 8. The molecule has 0 radical (unpaired) electrons. The Labute approximate surface area is 187 Å². The summed E-state index contributed by atoms with van der Waals surface area (Å²) in [6.45, 7) is 3.45. The Balaban J connectivity index is 1.49. The maximum atomic E-state index is 12.4. The summed E-state index contributed by atoms with van der Waals surface area (Å²) in [6, 6.07) is 8.90. The third-order valence-electron chi connectivity index (χ3n) is 5.10. The molecule has 0 bridgehead atoms. The van der Waals surface area contributed by atoms with Crippen molar-refractivity contribution in [2.75, 3.05) is 11.1 Å². The highest BCUT2D eigenvalue weighted by Gasteiger charge is 2.36. The van der Waals surface area contributed by atoms with E-state index in [1.165, 1.54) is 6.33 Å². The van der Waals surface area contributed by atoms with Crippen molar-refractivity contribution < 1.29 is 19.4 Å². The number of fused-ring (bicyclic) bond motifs is 1. The van der Waals surface area contributed by atoms with E-state index in [2.05, 4.69) is 20.3 Å². The highest BCUT2D eigenvalue weighted by Crippen LogP contribution is 2.32.